The summed E-state index contributed by atoms with van der Waals surface area (Å²) in [4.78, 5) is 10.9. The van der Waals surface area contributed by atoms with Crippen LogP contribution in [0.4, 0.5) is 13.2 Å². The second-order valence-electron chi connectivity index (χ2n) is 3.67. The predicted molar refractivity (Wildman–Crippen MR) is 60.0 cm³/mol. The summed E-state index contributed by atoms with van der Waals surface area (Å²) in [5, 5.41) is 0. The van der Waals surface area contributed by atoms with E-state index in [1.54, 1.807) is 18.2 Å². The molecule has 0 aliphatic carbocycles. The monoisotopic (exact) mass is 278 g/mol. The van der Waals surface area contributed by atoms with Gasteiger partial charge in [0.25, 0.3) is 0 Å². The third-order valence-electron chi connectivity index (χ3n) is 2.16. The molecule has 1 rings (SSSR count). The maximum absolute atomic E-state index is 11.9. The lowest BCUT2D eigenvalue weighted by Crippen LogP contribution is -2.17. The molecule has 0 radical (unpaired) electrons. The molecule has 0 aliphatic heterocycles. The number of rotatable bonds is 5. The van der Waals surface area contributed by atoms with Crippen LogP contribution in [0.1, 0.15) is 12.0 Å². The van der Waals surface area contributed by atoms with E-state index < -0.39 is 18.6 Å². The molecule has 1 aromatic carbocycles. The first-order valence-electron chi connectivity index (χ1n) is 5.28. The fraction of sp³-hybridized carbons (Fsp3) is 0.417. The summed E-state index contributed by atoms with van der Waals surface area (Å²) in [6.07, 6.45) is -6.17. The molecule has 1 aromatic rings. The van der Waals surface area contributed by atoms with E-state index in [1.807, 2.05) is 0 Å². The van der Waals surface area contributed by atoms with Gasteiger partial charge >= 0.3 is 12.1 Å². The third-order valence-corrected chi connectivity index (χ3v) is 2.16. The van der Waals surface area contributed by atoms with Gasteiger partial charge in [-0.2, -0.15) is 13.2 Å². The average molecular weight is 278 g/mol. The highest BCUT2D eigenvalue weighted by atomic mass is 19.4. The molecular formula is C12H13F3O4. The molecule has 0 unspecified atom stereocenters. The Balaban J connectivity index is 2.64. The summed E-state index contributed by atoms with van der Waals surface area (Å²) in [5.41, 5.74) is 0.478. The number of alkyl halides is 3. The van der Waals surface area contributed by atoms with Crippen LogP contribution in [0.3, 0.4) is 0 Å². The number of ether oxygens (including phenoxy) is 3. The number of esters is 1. The zero-order chi connectivity index (χ0) is 14.5. The quantitative estimate of drug-likeness (QED) is 0.777. The first kappa shape index (κ1) is 15.1. The molecule has 0 aliphatic rings. The van der Waals surface area contributed by atoms with E-state index in [4.69, 9.17) is 9.47 Å². The van der Waals surface area contributed by atoms with Gasteiger partial charge in [-0.05, 0) is 17.7 Å². The number of carbonyl (C=O) groups is 1. The summed E-state index contributed by atoms with van der Waals surface area (Å²) >= 11 is 0. The van der Waals surface area contributed by atoms with Crippen LogP contribution in [0.5, 0.6) is 11.5 Å². The number of halogens is 3. The van der Waals surface area contributed by atoms with Gasteiger partial charge < -0.3 is 14.2 Å². The molecule has 0 spiro atoms. The van der Waals surface area contributed by atoms with Crippen molar-refractivity contribution in [2.75, 3.05) is 14.2 Å². The minimum absolute atomic E-state index is 0.275. The van der Waals surface area contributed by atoms with Gasteiger partial charge in [0.15, 0.2) is 0 Å². The van der Waals surface area contributed by atoms with Crippen LogP contribution in [0.25, 0.3) is 0 Å². The van der Waals surface area contributed by atoms with E-state index in [0.717, 1.165) is 0 Å². The van der Waals surface area contributed by atoms with E-state index in [9.17, 15) is 18.0 Å². The molecule has 106 valence electrons. The van der Waals surface area contributed by atoms with Crippen LogP contribution in [0.15, 0.2) is 18.2 Å². The van der Waals surface area contributed by atoms with Gasteiger partial charge in [-0.25, -0.2) is 0 Å². The molecule has 0 fully saturated rings. The minimum Gasteiger partial charge on any atom is -0.497 e. The Bertz CT molecular complexity index is 421. The molecule has 0 amide bonds. The molecule has 0 bridgehead atoms. The van der Waals surface area contributed by atoms with Crippen molar-refractivity contribution in [3.8, 4) is 11.5 Å². The Labute approximate surface area is 108 Å². The van der Waals surface area contributed by atoms with Crippen LogP contribution in [0, 0.1) is 0 Å². The Morgan fingerprint density at radius 2 is 1.63 bits per heavy atom. The first-order chi connectivity index (χ1) is 8.84. The molecular weight excluding hydrogens is 265 g/mol. The molecule has 0 saturated heterocycles. The highest BCUT2D eigenvalue weighted by Crippen LogP contribution is 2.24. The lowest BCUT2D eigenvalue weighted by molar-refractivity contribution is -0.172. The molecule has 0 saturated carbocycles. The highest BCUT2D eigenvalue weighted by Gasteiger charge is 2.32. The molecule has 19 heavy (non-hydrogen) atoms. The number of hydrogen-bond donors (Lipinski definition) is 0. The smallest absolute Gasteiger partial charge is 0.399 e. The molecule has 0 atom stereocenters. The van der Waals surface area contributed by atoms with Crippen molar-refractivity contribution in [2.45, 2.75) is 19.2 Å². The maximum Gasteiger partial charge on any atom is 0.399 e. The second kappa shape index (κ2) is 6.31. The van der Waals surface area contributed by atoms with Crippen LogP contribution in [0.2, 0.25) is 0 Å². The second-order valence-corrected chi connectivity index (χ2v) is 3.67. The Hall–Kier alpha value is -1.92. The largest absolute Gasteiger partial charge is 0.497 e. The summed E-state index contributed by atoms with van der Waals surface area (Å²) in [6, 6.07) is 4.69. The average Bonchev–Trinajstić information content (AvgIpc) is 2.33. The van der Waals surface area contributed by atoms with Crippen molar-refractivity contribution in [3.63, 3.8) is 0 Å². The van der Waals surface area contributed by atoms with Crippen molar-refractivity contribution >= 4 is 5.97 Å². The van der Waals surface area contributed by atoms with Gasteiger partial charge in [-0.15, -0.1) is 0 Å². The van der Waals surface area contributed by atoms with Gasteiger partial charge in [0.05, 0.1) is 14.2 Å². The Morgan fingerprint density at radius 1 is 1.11 bits per heavy atom. The SMILES string of the molecule is COc1cc(COC(=O)CC(F)(F)F)cc(OC)c1. The van der Waals surface area contributed by atoms with Crippen LogP contribution < -0.4 is 9.47 Å². The number of carbonyl (C=O) groups excluding carboxylic acids is 1. The molecule has 4 nitrogen and oxygen atoms in total. The lowest BCUT2D eigenvalue weighted by Gasteiger charge is -2.10. The van der Waals surface area contributed by atoms with Crippen molar-refractivity contribution in [1.29, 1.82) is 0 Å². The summed E-state index contributed by atoms with van der Waals surface area (Å²) in [6.45, 7) is -0.275. The topological polar surface area (TPSA) is 44.8 Å². The normalized spacial score (nSPS) is 11.0. The summed E-state index contributed by atoms with van der Waals surface area (Å²) in [7, 11) is 2.88. The van der Waals surface area contributed by atoms with Crippen molar-refractivity contribution < 1.29 is 32.2 Å². The van der Waals surface area contributed by atoms with Crippen LogP contribution >= 0.6 is 0 Å². The van der Waals surface area contributed by atoms with Gasteiger partial charge in [0.2, 0.25) is 0 Å². The first-order valence-corrected chi connectivity index (χ1v) is 5.28. The van der Waals surface area contributed by atoms with Crippen molar-refractivity contribution in [2.24, 2.45) is 0 Å². The number of hydrogen-bond acceptors (Lipinski definition) is 4. The van der Waals surface area contributed by atoms with Gasteiger partial charge in [-0.3, -0.25) is 4.79 Å². The van der Waals surface area contributed by atoms with E-state index in [-0.39, 0.29) is 6.61 Å². The third kappa shape index (κ3) is 5.50. The van der Waals surface area contributed by atoms with Crippen LogP contribution in [-0.2, 0) is 16.1 Å². The number of benzene rings is 1. The highest BCUT2D eigenvalue weighted by molar-refractivity contribution is 5.70. The summed E-state index contributed by atoms with van der Waals surface area (Å²) < 4.78 is 50.3. The standard InChI is InChI=1S/C12H13F3O4/c1-17-9-3-8(4-10(5-9)18-2)7-19-11(16)6-12(13,14)15/h3-5H,6-7H2,1-2H3. The molecule has 0 N–H and O–H groups in total. The Morgan fingerprint density at radius 3 is 2.05 bits per heavy atom. The van der Waals surface area contributed by atoms with Crippen LogP contribution in [-0.4, -0.2) is 26.4 Å². The van der Waals surface area contributed by atoms with E-state index in [1.165, 1.54) is 14.2 Å². The molecule has 0 aromatic heterocycles. The van der Waals surface area contributed by atoms with Gasteiger partial charge in [-0.1, -0.05) is 0 Å². The van der Waals surface area contributed by atoms with E-state index in [0.29, 0.717) is 17.1 Å². The zero-order valence-electron chi connectivity index (χ0n) is 10.4. The van der Waals surface area contributed by atoms with Crippen molar-refractivity contribution in [3.05, 3.63) is 23.8 Å². The summed E-state index contributed by atoms with van der Waals surface area (Å²) in [5.74, 6) is -0.406. The predicted octanol–water partition coefficient (Wildman–Crippen LogP) is 2.70. The Kier molecular flexibility index (Phi) is 5.02. The van der Waals surface area contributed by atoms with E-state index in [2.05, 4.69) is 4.74 Å². The van der Waals surface area contributed by atoms with Gasteiger partial charge in [0.1, 0.15) is 24.5 Å². The lowest BCUT2D eigenvalue weighted by atomic mass is 10.2. The van der Waals surface area contributed by atoms with Crippen molar-refractivity contribution in [1.82, 2.24) is 0 Å². The molecule has 0 heterocycles. The fourth-order valence-corrected chi connectivity index (χ4v) is 1.33. The van der Waals surface area contributed by atoms with E-state index >= 15 is 0 Å². The fourth-order valence-electron chi connectivity index (χ4n) is 1.33. The number of methoxy groups -OCH3 is 2. The minimum atomic E-state index is -4.57. The zero-order valence-corrected chi connectivity index (χ0v) is 10.4. The molecule has 7 heteroatoms. The maximum atomic E-state index is 11.9. The van der Waals surface area contributed by atoms with Gasteiger partial charge in [0, 0.05) is 6.07 Å².